The summed E-state index contributed by atoms with van der Waals surface area (Å²) in [6.45, 7) is -0.165. The van der Waals surface area contributed by atoms with Crippen LogP contribution in [0.25, 0.3) is 0 Å². The molecule has 14 heavy (non-hydrogen) atoms. The Kier molecular flexibility index (Phi) is 3.72. The van der Waals surface area contributed by atoms with Crippen LogP contribution in [0.1, 0.15) is 0 Å². The number of rotatable bonds is 4. The van der Waals surface area contributed by atoms with E-state index < -0.39 is 8.60 Å². The molecule has 9 nitrogen and oxygen atoms in total. The van der Waals surface area contributed by atoms with Crippen LogP contribution in [0.4, 0.5) is 17.8 Å². The third-order valence-corrected chi connectivity index (χ3v) is 1.44. The standard InChI is InChI=1S/C4H9N6O3P/c5-2-8-3(6)10-4(9-2)7-1-13-14(11)12/h11-12H,1H2,(H5,5,6,7,8,9,10). The summed E-state index contributed by atoms with van der Waals surface area (Å²) in [5.41, 5.74) is 10.5. The maximum absolute atomic E-state index is 8.40. The monoisotopic (exact) mass is 220 g/mol. The van der Waals surface area contributed by atoms with Crippen LogP contribution in [-0.2, 0) is 4.52 Å². The van der Waals surface area contributed by atoms with E-state index in [0.717, 1.165) is 0 Å². The molecule has 0 atom stereocenters. The predicted octanol–water partition coefficient (Wildman–Crippen LogP) is -1.37. The van der Waals surface area contributed by atoms with E-state index in [9.17, 15) is 0 Å². The van der Waals surface area contributed by atoms with Crippen LogP contribution in [0.2, 0.25) is 0 Å². The van der Waals surface area contributed by atoms with Gasteiger partial charge in [0, 0.05) is 0 Å². The van der Waals surface area contributed by atoms with Crippen LogP contribution in [0, 0.1) is 0 Å². The van der Waals surface area contributed by atoms with Gasteiger partial charge in [0.1, 0.15) is 6.73 Å². The molecule has 1 heterocycles. The molecular formula is C4H9N6O3P. The van der Waals surface area contributed by atoms with Gasteiger partial charge in [-0.05, 0) is 0 Å². The van der Waals surface area contributed by atoms with E-state index in [-0.39, 0.29) is 24.6 Å². The van der Waals surface area contributed by atoms with Gasteiger partial charge in [-0.1, -0.05) is 0 Å². The Labute approximate surface area is 80.1 Å². The largest absolute Gasteiger partial charge is 0.368 e. The second kappa shape index (κ2) is 4.82. The Balaban J connectivity index is 2.50. The summed E-state index contributed by atoms with van der Waals surface area (Å²) in [5, 5.41) is 2.51. The molecule has 78 valence electrons. The molecule has 0 aromatic carbocycles. The molecule has 0 bridgehead atoms. The fourth-order valence-corrected chi connectivity index (χ4v) is 0.823. The van der Waals surface area contributed by atoms with Crippen molar-refractivity contribution in [1.82, 2.24) is 15.0 Å². The zero-order valence-corrected chi connectivity index (χ0v) is 7.85. The minimum Gasteiger partial charge on any atom is -0.368 e. The van der Waals surface area contributed by atoms with Crippen LogP contribution in [-0.4, -0.2) is 31.5 Å². The first-order chi connectivity index (χ1) is 6.58. The van der Waals surface area contributed by atoms with Crippen molar-refractivity contribution in [1.29, 1.82) is 0 Å². The number of hydrogen-bond acceptors (Lipinski definition) is 9. The smallest absolute Gasteiger partial charge is 0.328 e. The number of nitrogens with zero attached hydrogens (tertiary/aromatic N) is 3. The van der Waals surface area contributed by atoms with Crippen molar-refractivity contribution in [3.63, 3.8) is 0 Å². The SMILES string of the molecule is Nc1nc(N)nc(NCOP(O)O)n1. The van der Waals surface area contributed by atoms with Gasteiger partial charge in [-0.3, -0.25) is 4.52 Å². The highest BCUT2D eigenvalue weighted by atomic mass is 31.2. The lowest BCUT2D eigenvalue weighted by Gasteiger charge is -2.06. The lowest BCUT2D eigenvalue weighted by Crippen LogP contribution is -2.10. The second-order valence-electron chi connectivity index (χ2n) is 2.08. The molecular weight excluding hydrogens is 211 g/mol. The Bertz CT molecular complexity index is 289. The highest BCUT2D eigenvalue weighted by Crippen LogP contribution is 2.23. The van der Waals surface area contributed by atoms with Crippen molar-refractivity contribution >= 4 is 26.4 Å². The lowest BCUT2D eigenvalue weighted by atomic mass is 10.8. The average molecular weight is 220 g/mol. The highest BCUT2D eigenvalue weighted by molar-refractivity contribution is 7.39. The quantitative estimate of drug-likeness (QED) is 0.305. The minimum atomic E-state index is -2.41. The van der Waals surface area contributed by atoms with E-state index in [0.29, 0.717) is 0 Å². The zero-order chi connectivity index (χ0) is 10.6. The van der Waals surface area contributed by atoms with Crippen LogP contribution < -0.4 is 16.8 Å². The first kappa shape index (κ1) is 10.8. The second-order valence-corrected chi connectivity index (χ2v) is 2.84. The molecule has 0 fully saturated rings. The van der Waals surface area contributed by atoms with Gasteiger partial charge >= 0.3 is 8.60 Å². The number of hydrogen-bond donors (Lipinski definition) is 5. The summed E-state index contributed by atoms with van der Waals surface area (Å²) in [4.78, 5) is 27.6. The Morgan fingerprint density at radius 1 is 1.21 bits per heavy atom. The molecule has 1 aromatic heterocycles. The summed E-state index contributed by atoms with van der Waals surface area (Å²) >= 11 is 0. The number of aromatic nitrogens is 3. The van der Waals surface area contributed by atoms with Crippen LogP contribution >= 0.6 is 8.60 Å². The number of anilines is 3. The van der Waals surface area contributed by atoms with Crippen molar-refractivity contribution in [3.8, 4) is 0 Å². The van der Waals surface area contributed by atoms with Crippen molar-refractivity contribution < 1.29 is 14.3 Å². The van der Waals surface area contributed by atoms with Crippen molar-refractivity contribution in [2.24, 2.45) is 0 Å². The normalized spacial score (nSPS) is 10.5. The van der Waals surface area contributed by atoms with Gasteiger partial charge in [0.15, 0.2) is 0 Å². The molecule has 10 heteroatoms. The summed E-state index contributed by atoms with van der Waals surface area (Å²) in [6, 6.07) is 0. The fraction of sp³-hybridized carbons (Fsp3) is 0.250. The molecule has 0 spiro atoms. The Morgan fingerprint density at radius 2 is 1.79 bits per heavy atom. The molecule has 0 aliphatic carbocycles. The lowest BCUT2D eigenvalue weighted by molar-refractivity contribution is 0.272. The first-order valence-electron chi connectivity index (χ1n) is 3.39. The van der Waals surface area contributed by atoms with Gasteiger partial charge < -0.3 is 26.6 Å². The molecule has 0 saturated carbocycles. The third kappa shape index (κ3) is 3.62. The van der Waals surface area contributed by atoms with Gasteiger partial charge in [-0.15, -0.1) is 0 Å². The summed E-state index contributed by atoms with van der Waals surface area (Å²) in [6.07, 6.45) is 0. The molecule has 1 aromatic rings. The number of nitrogens with two attached hydrogens (primary N) is 2. The number of nitrogen functional groups attached to an aromatic ring is 2. The minimum absolute atomic E-state index is 0.0322. The van der Waals surface area contributed by atoms with E-state index in [1.165, 1.54) is 0 Å². The van der Waals surface area contributed by atoms with Crippen LogP contribution in [0.5, 0.6) is 0 Å². The molecule has 0 aliphatic heterocycles. The molecule has 1 rings (SSSR count). The molecule has 0 unspecified atom stereocenters. The van der Waals surface area contributed by atoms with Crippen molar-refractivity contribution in [2.45, 2.75) is 0 Å². The maximum Gasteiger partial charge on any atom is 0.328 e. The van der Waals surface area contributed by atoms with Gasteiger partial charge in [-0.25, -0.2) is 0 Å². The molecule has 0 saturated heterocycles. The van der Waals surface area contributed by atoms with E-state index in [1.54, 1.807) is 0 Å². The third-order valence-electron chi connectivity index (χ3n) is 1.08. The van der Waals surface area contributed by atoms with E-state index in [4.69, 9.17) is 21.3 Å². The average Bonchev–Trinajstić information content (AvgIpc) is 2.01. The highest BCUT2D eigenvalue weighted by Gasteiger charge is 2.02. The zero-order valence-electron chi connectivity index (χ0n) is 6.95. The molecule has 0 radical (unpaired) electrons. The van der Waals surface area contributed by atoms with Gasteiger partial charge in [0.25, 0.3) is 0 Å². The summed E-state index contributed by atoms with van der Waals surface area (Å²) in [7, 11) is -2.41. The number of nitrogens with one attached hydrogen (secondary N) is 1. The van der Waals surface area contributed by atoms with Crippen LogP contribution in [0.15, 0.2) is 0 Å². The summed E-state index contributed by atoms with van der Waals surface area (Å²) < 4.78 is 4.41. The molecule has 0 aliphatic rings. The maximum atomic E-state index is 8.40. The Hall–Kier alpha value is -1.28. The van der Waals surface area contributed by atoms with E-state index >= 15 is 0 Å². The molecule has 0 amide bonds. The van der Waals surface area contributed by atoms with Gasteiger partial charge in [0.05, 0.1) is 0 Å². The summed E-state index contributed by atoms with van der Waals surface area (Å²) in [5.74, 6) is 0.0392. The Morgan fingerprint density at radius 3 is 2.29 bits per heavy atom. The van der Waals surface area contributed by atoms with Gasteiger partial charge in [0.2, 0.25) is 17.8 Å². The topological polar surface area (TPSA) is 152 Å². The van der Waals surface area contributed by atoms with Crippen LogP contribution in [0.3, 0.4) is 0 Å². The van der Waals surface area contributed by atoms with Crippen molar-refractivity contribution in [2.75, 3.05) is 23.5 Å². The molecule has 7 N–H and O–H groups in total. The van der Waals surface area contributed by atoms with E-state index in [2.05, 4.69) is 24.8 Å². The fourth-order valence-electron chi connectivity index (χ4n) is 0.643. The van der Waals surface area contributed by atoms with E-state index in [1.807, 2.05) is 0 Å². The first-order valence-corrected chi connectivity index (χ1v) is 4.56. The van der Waals surface area contributed by atoms with Gasteiger partial charge in [-0.2, -0.15) is 15.0 Å². The predicted molar refractivity (Wildman–Crippen MR) is 49.6 cm³/mol. The van der Waals surface area contributed by atoms with Crippen molar-refractivity contribution in [3.05, 3.63) is 0 Å².